The van der Waals surface area contributed by atoms with Crippen LogP contribution >= 0.6 is 0 Å². The van der Waals surface area contributed by atoms with Gasteiger partial charge in [-0.25, -0.2) is 13.4 Å². The van der Waals surface area contributed by atoms with Gasteiger partial charge in [-0.05, 0) is 55.3 Å². The highest BCUT2D eigenvalue weighted by Crippen LogP contribution is 2.43. The van der Waals surface area contributed by atoms with Gasteiger partial charge in [0.1, 0.15) is 18.1 Å². The Morgan fingerprint density at radius 1 is 1.15 bits per heavy atom. The van der Waals surface area contributed by atoms with Gasteiger partial charge < -0.3 is 19.1 Å². The number of aromatic hydroxyl groups is 1. The van der Waals surface area contributed by atoms with Gasteiger partial charge in [0.05, 0.1) is 23.6 Å². The van der Waals surface area contributed by atoms with Crippen LogP contribution in [0.1, 0.15) is 26.7 Å². The lowest BCUT2D eigenvalue weighted by molar-refractivity contribution is 0.232. The van der Waals surface area contributed by atoms with Crippen LogP contribution < -0.4 is 9.47 Å². The van der Waals surface area contributed by atoms with E-state index in [0.717, 1.165) is 24.1 Å². The maximum atomic E-state index is 13.6. The third-order valence-corrected chi connectivity index (χ3v) is 8.46. The minimum absolute atomic E-state index is 0.0135. The SMILES string of the molecule is COc1ccc(OC[C@@H]2CCCN2S(=O)(=O)c2ccc3c(c2)c(O)c2n3CC(C)(C)C=N2)cc1. The number of fused-ring (bicyclic) bond motifs is 3. The molecule has 0 bridgehead atoms. The predicted molar refractivity (Wildman–Crippen MR) is 131 cm³/mol. The lowest BCUT2D eigenvalue weighted by atomic mass is 9.94. The van der Waals surface area contributed by atoms with Crippen molar-refractivity contribution in [1.82, 2.24) is 8.87 Å². The van der Waals surface area contributed by atoms with Crippen molar-refractivity contribution in [3.8, 4) is 17.2 Å². The first kappa shape index (κ1) is 22.7. The van der Waals surface area contributed by atoms with Crippen LogP contribution in [-0.4, -0.2) is 54.9 Å². The van der Waals surface area contributed by atoms with Crippen LogP contribution in [0.25, 0.3) is 10.9 Å². The van der Waals surface area contributed by atoms with E-state index < -0.39 is 10.0 Å². The van der Waals surface area contributed by atoms with E-state index in [1.54, 1.807) is 25.3 Å². The fourth-order valence-corrected chi connectivity index (χ4v) is 6.44. The summed E-state index contributed by atoms with van der Waals surface area (Å²) in [4.78, 5) is 4.60. The van der Waals surface area contributed by atoms with Gasteiger partial charge in [0, 0.05) is 30.1 Å². The molecule has 0 spiro atoms. The summed E-state index contributed by atoms with van der Waals surface area (Å²) >= 11 is 0. The average molecular weight is 484 g/mol. The van der Waals surface area contributed by atoms with E-state index in [0.29, 0.717) is 30.0 Å². The molecule has 3 heterocycles. The number of rotatable bonds is 6. The molecule has 1 aromatic heterocycles. The quantitative estimate of drug-likeness (QED) is 0.563. The van der Waals surface area contributed by atoms with Gasteiger partial charge in [0.25, 0.3) is 0 Å². The molecule has 2 aliphatic heterocycles. The van der Waals surface area contributed by atoms with E-state index in [1.807, 2.05) is 35.0 Å². The molecular weight excluding hydrogens is 454 g/mol. The fraction of sp³-hybridized carbons (Fsp3) is 0.400. The van der Waals surface area contributed by atoms with Gasteiger partial charge in [0.2, 0.25) is 10.0 Å². The van der Waals surface area contributed by atoms with E-state index in [9.17, 15) is 13.5 Å². The zero-order chi connectivity index (χ0) is 24.1. The summed E-state index contributed by atoms with van der Waals surface area (Å²) in [6.45, 7) is 5.51. The Morgan fingerprint density at radius 2 is 1.88 bits per heavy atom. The van der Waals surface area contributed by atoms with Crippen LogP contribution in [0.4, 0.5) is 5.82 Å². The molecule has 0 amide bonds. The van der Waals surface area contributed by atoms with Gasteiger partial charge in [-0.1, -0.05) is 13.8 Å². The number of sulfonamides is 1. The molecule has 1 atom stereocenters. The van der Waals surface area contributed by atoms with E-state index in [4.69, 9.17) is 9.47 Å². The van der Waals surface area contributed by atoms with Crippen molar-refractivity contribution in [2.45, 2.75) is 44.2 Å². The Bertz CT molecular complexity index is 1360. The fourth-order valence-electron chi connectivity index (χ4n) is 4.73. The molecule has 34 heavy (non-hydrogen) atoms. The smallest absolute Gasteiger partial charge is 0.243 e. The zero-order valence-electron chi connectivity index (χ0n) is 19.6. The monoisotopic (exact) mass is 483 g/mol. The van der Waals surface area contributed by atoms with Gasteiger partial charge >= 0.3 is 0 Å². The van der Waals surface area contributed by atoms with E-state index in [2.05, 4.69) is 18.8 Å². The second-order valence-corrected chi connectivity index (χ2v) is 11.5. The summed E-state index contributed by atoms with van der Waals surface area (Å²) in [5.74, 6) is 1.88. The lowest BCUT2D eigenvalue weighted by Crippen LogP contribution is -2.39. The van der Waals surface area contributed by atoms with Crippen LogP contribution in [0.15, 0.2) is 52.4 Å². The first-order valence-electron chi connectivity index (χ1n) is 11.4. The van der Waals surface area contributed by atoms with Crippen LogP contribution in [0, 0.1) is 5.41 Å². The van der Waals surface area contributed by atoms with Crippen LogP contribution in [0.2, 0.25) is 0 Å². The predicted octanol–water partition coefficient (Wildman–Crippen LogP) is 4.33. The van der Waals surface area contributed by atoms with Crippen LogP contribution in [0.5, 0.6) is 17.2 Å². The molecule has 0 radical (unpaired) electrons. The number of ether oxygens (including phenoxy) is 2. The molecule has 0 aliphatic carbocycles. The number of nitrogens with zero attached hydrogens (tertiary/aromatic N) is 3. The normalized spacial score (nSPS) is 19.9. The molecule has 1 N–H and O–H groups in total. The van der Waals surface area contributed by atoms with Crippen LogP contribution in [0.3, 0.4) is 0 Å². The summed E-state index contributed by atoms with van der Waals surface area (Å²) in [7, 11) is -2.16. The molecule has 2 aromatic carbocycles. The topological polar surface area (TPSA) is 93.4 Å². The standard InChI is InChI=1S/C25H29N3O5S/c1-25(2)15-26-24-23(29)21-13-20(10-11-22(21)27(24)16-25)34(30,31)28-12-4-5-17(28)14-33-19-8-6-18(32-3)7-9-19/h6-11,13,15,17,29H,4-5,12,14,16H2,1-3H3/t17-/m0/s1. The number of aromatic nitrogens is 1. The molecule has 2 aliphatic rings. The van der Waals surface area contributed by atoms with Gasteiger partial charge in [0.15, 0.2) is 11.6 Å². The second-order valence-electron chi connectivity index (χ2n) is 9.58. The minimum atomic E-state index is -3.76. The molecule has 0 saturated carbocycles. The number of methoxy groups -OCH3 is 1. The molecule has 3 aromatic rings. The minimum Gasteiger partial charge on any atom is -0.504 e. The number of hydrogen-bond acceptors (Lipinski definition) is 6. The van der Waals surface area contributed by atoms with Crippen molar-refractivity contribution in [3.05, 3.63) is 42.5 Å². The second kappa shape index (κ2) is 8.32. The lowest BCUT2D eigenvalue weighted by Gasteiger charge is -2.25. The average Bonchev–Trinajstić information content (AvgIpc) is 3.40. The van der Waals surface area contributed by atoms with E-state index in [1.165, 1.54) is 4.31 Å². The molecule has 8 nitrogen and oxygen atoms in total. The first-order chi connectivity index (χ1) is 16.2. The van der Waals surface area contributed by atoms with Crippen molar-refractivity contribution >= 4 is 33.0 Å². The van der Waals surface area contributed by atoms with Gasteiger partial charge in [-0.3, -0.25) is 0 Å². The maximum absolute atomic E-state index is 13.6. The van der Waals surface area contributed by atoms with E-state index in [-0.39, 0.29) is 28.7 Å². The molecule has 180 valence electrons. The summed E-state index contributed by atoms with van der Waals surface area (Å²) in [6, 6.07) is 11.9. The molecular formula is C25H29N3O5S. The highest BCUT2D eigenvalue weighted by Gasteiger charge is 2.36. The Morgan fingerprint density at radius 3 is 2.62 bits per heavy atom. The van der Waals surface area contributed by atoms with Crippen molar-refractivity contribution in [1.29, 1.82) is 0 Å². The molecule has 1 fully saturated rings. The highest BCUT2D eigenvalue weighted by atomic mass is 32.2. The molecule has 5 rings (SSSR count). The first-order valence-corrected chi connectivity index (χ1v) is 12.8. The summed E-state index contributed by atoms with van der Waals surface area (Å²) in [6.07, 6.45) is 3.33. The third-order valence-electron chi connectivity index (χ3n) is 6.51. The van der Waals surface area contributed by atoms with E-state index >= 15 is 0 Å². The Labute approximate surface area is 199 Å². The maximum Gasteiger partial charge on any atom is 0.243 e. The van der Waals surface area contributed by atoms with Crippen molar-refractivity contribution < 1.29 is 23.0 Å². The molecule has 9 heteroatoms. The molecule has 0 unspecified atom stereocenters. The zero-order valence-corrected chi connectivity index (χ0v) is 20.4. The Hall–Kier alpha value is -3.04. The van der Waals surface area contributed by atoms with Gasteiger partial charge in [-0.15, -0.1) is 0 Å². The van der Waals surface area contributed by atoms with Gasteiger partial charge in [-0.2, -0.15) is 4.31 Å². The number of benzene rings is 2. The summed E-state index contributed by atoms with van der Waals surface area (Å²) < 4.78 is 41.7. The van der Waals surface area contributed by atoms with Crippen LogP contribution in [-0.2, 0) is 16.6 Å². The molecule has 1 saturated heterocycles. The summed E-state index contributed by atoms with van der Waals surface area (Å²) in [5.41, 5.74) is 0.625. The summed E-state index contributed by atoms with van der Waals surface area (Å²) in [5, 5.41) is 11.3. The van der Waals surface area contributed by atoms with Crippen molar-refractivity contribution in [2.75, 3.05) is 20.3 Å². The van der Waals surface area contributed by atoms with Crippen molar-refractivity contribution in [2.24, 2.45) is 10.4 Å². The Balaban J connectivity index is 1.40. The third kappa shape index (κ3) is 3.92. The number of hydrogen-bond donors (Lipinski definition) is 1. The van der Waals surface area contributed by atoms with Crippen molar-refractivity contribution in [3.63, 3.8) is 0 Å². The number of aliphatic imine (C=N–C) groups is 1. The highest BCUT2D eigenvalue weighted by molar-refractivity contribution is 7.89. The largest absolute Gasteiger partial charge is 0.504 e. The Kier molecular flexibility index (Phi) is 5.56.